The van der Waals surface area contributed by atoms with Crippen LogP contribution in [0, 0.1) is 0 Å². The van der Waals surface area contributed by atoms with Gasteiger partial charge in [-0.1, -0.05) is 6.92 Å². The van der Waals surface area contributed by atoms with Gasteiger partial charge in [0.1, 0.15) is 5.69 Å². The van der Waals surface area contributed by atoms with Gasteiger partial charge in [-0.05, 0) is 18.2 Å². The fourth-order valence-corrected chi connectivity index (χ4v) is 3.13. The zero-order valence-electron chi connectivity index (χ0n) is 15.5. The monoisotopic (exact) mass is 384 g/mol. The average molecular weight is 384 g/mol. The number of pyridine rings is 3. The van der Waals surface area contributed by atoms with Gasteiger partial charge in [-0.15, -0.1) is 0 Å². The molecular weight excluding hydrogens is 368 g/mol. The Labute approximate surface area is 164 Å². The Morgan fingerprint density at radius 2 is 2.00 bits per heavy atom. The Kier molecular flexibility index (Phi) is 3.98. The van der Waals surface area contributed by atoms with Crippen molar-refractivity contribution in [3.8, 4) is 22.6 Å². The van der Waals surface area contributed by atoms with Gasteiger partial charge >= 0.3 is 0 Å². The molecule has 0 atom stereocenters. The first-order chi connectivity index (χ1) is 14.2. The Morgan fingerprint density at radius 3 is 2.86 bits per heavy atom. The van der Waals surface area contributed by atoms with E-state index in [2.05, 4.69) is 40.4 Å². The summed E-state index contributed by atoms with van der Waals surface area (Å²) in [6.45, 7) is 1.80. The lowest BCUT2D eigenvalue weighted by Gasteiger charge is -2.06. The normalized spacial score (nSPS) is 11.2. The van der Waals surface area contributed by atoms with Gasteiger partial charge in [-0.25, -0.2) is 9.97 Å². The minimum absolute atomic E-state index is 0.0611. The summed E-state index contributed by atoms with van der Waals surface area (Å²) in [6, 6.07) is 5.70. The predicted molar refractivity (Wildman–Crippen MR) is 109 cm³/mol. The van der Waals surface area contributed by atoms with Crippen LogP contribution in [-0.2, 0) is 4.79 Å². The first-order valence-corrected chi connectivity index (χ1v) is 9.11. The maximum Gasteiger partial charge on any atom is 0.224 e. The molecule has 29 heavy (non-hydrogen) atoms. The molecule has 5 rings (SSSR count). The lowest BCUT2D eigenvalue weighted by atomic mass is 10.1. The van der Waals surface area contributed by atoms with Gasteiger partial charge in [-0.3, -0.25) is 19.9 Å². The van der Waals surface area contributed by atoms with Gasteiger partial charge in [0, 0.05) is 36.1 Å². The summed E-state index contributed by atoms with van der Waals surface area (Å²) in [6.07, 6.45) is 8.93. The lowest BCUT2D eigenvalue weighted by molar-refractivity contribution is -0.115. The van der Waals surface area contributed by atoms with Gasteiger partial charge in [0.2, 0.25) is 5.91 Å². The number of imidazole rings is 1. The van der Waals surface area contributed by atoms with Crippen LogP contribution in [0.2, 0.25) is 0 Å². The summed E-state index contributed by atoms with van der Waals surface area (Å²) < 4.78 is 0. The number of H-pyrrole nitrogens is 2. The van der Waals surface area contributed by atoms with Crippen LogP contribution in [0.25, 0.3) is 44.7 Å². The van der Waals surface area contributed by atoms with Crippen LogP contribution in [0.4, 0.5) is 5.69 Å². The lowest BCUT2D eigenvalue weighted by Crippen LogP contribution is -2.09. The number of anilines is 1. The summed E-state index contributed by atoms with van der Waals surface area (Å²) in [4.78, 5) is 32.3. The summed E-state index contributed by atoms with van der Waals surface area (Å²) >= 11 is 0. The second-order valence-corrected chi connectivity index (χ2v) is 6.53. The van der Waals surface area contributed by atoms with Gasteiger partial charge < -0.3 is 10.3 Å². The second-order valence-electron chi connectivity index (χ2n) is 6.53. The number of aromatic nitrogens is 7. The van der Waals surface area contributed by atoms with E-state index >= 15 is 0 Å². The Hall–Kier alpha value is -4.14. The van der Waals surface area contributed by atoms with Crippen molar-refractivity contribution in [2.24, 2.45) is 0 Å². The van der Waals surface area contributed by atoms with Gasteiger partial charge in [-0.2, -0.15) is 5.10 Å². The molecule has 5 aromatic heterocycles. The molecule has 0 spiro atoms. The summed E-state index contributed by atoms with van der Waals surface area (Å²) in [5.41, 5.74) is 5.34. The minimum Gasteiger partial charge on any atom is -0.335 e. The molecule has 0 saturated carbocycles. The van der Waals surface area contributed by atoms with Crippen molar-refractivity contribution in [2.75, 3.05) is 5.32 Å². The zero-order chi connectivity index (χ0) is 19.8. The van der Waals surface area contributed by atoms with Crippen LogP contribution >= 0.6 is 0 Å². The summed E-state index contributed by atoms with van der Waals surface area (Å²) in [5, 5.41) is 11.0. The number of hydrogen-bond donors (Lipinski definition) is 3. The number of rotatable bonds is 4. The van der Waals surface area contributed by atoms with E-state index in [4.69, 9.17) is 0 Å². The van der Waals surface area contributed by atoms with Crippen LogP contribution in [0.5, 0.6) is 0 Å². The molecule has 0 aliphatic carbocycles. The Bertz CT molecular complexity index is 1320. The SMILES string of the molecule is CCC(=O)Nc1cncc(-c2cnc3[nH]nc(-c4nc5ccncc5[nH]4)c3c2)c1. The van der Waals surface area contributed by atoms with E-state index in [1.807, 2.05) is 18.2 Å². The first-order valence-electron chi connectivity index (χ1n) is 9.11. The molecule has 1 amide bonds. The average Bonchev–Trinajstić information content (AvgIpc) is 3.37. The molecule has 0 saturated heterocycles. The quantitative estimate of drug-likeness (QED) is 0.436. The van der Waals surface area contributed by atoms with E-state index in [-0.39, 0.29) is 5.91 Å². The number of amides is 1. The van der Waals surface area contributed by atoms with E-state index in [0.29, 0.717) is 29.3 Å². The van der Waals surface area contributed by atoms with Crippen LogP contribution in [0.1, 0.15) is 13.3 Å². The van der Waals surface area contributed by atoms with Crippen molar-refractivity contribution in [1.82, 2.24) is 35.1 Å². The smallest absolute Gasteiger partial charge is 0.224 e. The molecule has 0 bridgehead atoms. The van der Waals surface area contributed by atoms with Crippen molar-refractivity contribution in [1.29, 1.82) is 0 Å². The molecule has 5 heterocycles. The fourth-order valence-electron chi connectivity index (χ4n) is 3.13. The highest BCUT2D eigenvalue weighted by Crippen LogP contribution is 2.29. The van der Waals surface area contributed by atoms with E-state index in [1.54, 1.807) is 37.9 Å². The van der Waals surface area contributed by atoms with Crippen LogP contribution in [0.15, 0.2) is 49.2 Å². The molecule has 3 N–H and O–H groups in total. The number of carbonyl (C=O) groups excluding carboxylic acids is 1. The van der Waals surface area contributed by atoms with Crippen LogP contribution in [-0.4, -0.2) is 41.0 Å². The molecule has 5 aromatic rings. The fraction of sp³-hybridized carbons (Fsp3) is 0.100. The predicted octanol–water partition coefficient (Wildman–Crippen LogP) is 3.31. The van der Waals surface area contributed by atoms with Gasteiger partial charge in [0.25, 0.3) is 0 Å². The van der Waals surface area contributed by atoms with E-state index in [0.717, 1.165) is 27.5 Å². The molecule has 0 aromatic carbocycles. The third-order valence-electron chi connectivity index (χ3n) is 4.60. The van der Waals surface area contributed by atoms with E-state index in [9.17, 15) is 4.79 Å². The molecule has 0 aliphatic rings. The van der Waals surface area contributed by atoms with Crippen molar-refractivity contribution < 1.29 is 4.79 Å². The summed E-state index contributed by atoms with van der Waals surface area (Å²) in [5.74, 6) is 0.578. The van der Waals surface area contributed by atoms with E-state index < -0.39 is 0 Å². The number of aromatic amines is 2. The first kappa shape index (κ1) is 17.0. The van der Waals surface area contributed by atoms with Gasteiger partial charge in [0.15, 0.2) is 11.5 Å². The molecule has 0 unspecified atom stereocenters. The highest BCUT2D eigenvalue weighted by molar-refractivity contribution is 5.94. The minimum atomic E-state index is -0.0611. The third-order valence-corrected chi connectivity index (χ3v) is 4.60. The molecular formula is C20H16N8O. The number of nitrogens with zero attached hydrogens (tertiary/aromatic N) is 5. The van der Waals surface area contributed by atoms with E-state index in [1.165, 1.54) is 0 Å². The van der Waals surface area contributed by atoms with Crippen molar-refractivity contribution in [2.45, 2.75) is 13.3 Å². The largest absolute Gasteiger partial charge is 0.335 e. The molecule has 9 heteroatoms. The topological polar surface area (TPSA) is 125 Å². The molecule has 0 aliphatic heterocycles. The van der Waals surface area contributed by atoms with Crippen LogP contribution in [0.3, 0.4) is 0 Å². The highest BCUT2D eigenvalue weighted by Gasteiger charge is 2.15. The third kappa shape index (κ3) is 3.08. The molecule has 9 nitrogen and oxygen atoms in total. The van der Waals surface area contributed by atoms with Crippen molar-refractivity contribution in [3.63, 3.8) is 0 Å². The van der Waals surface area contributed by atoms with Crippen LogP contribution < -0.4 is 5.32 Å². The molecule has 0 radical (unpaired) electrons. The van der Waals surface area contributed by atoms with Crippen molar-refractivity contribution >= 4 is 33.7 Å². The second kappa shape index (κ2) is 6.79. The maximum absolute atomic E-state index is 11.7. The zero-order valence-corrected chi connectivity index (χ0v) is 15.5. The molecule has 0 fully saturated rings. The highest BCUT2D eigenvalue weighted by atomic mass is 16.1. The maximum atomic E-state index is 11.7. The number of fused-ring (bicyclic) bond motifs is 2. The number of carbonyl (C=O) groups is 1. The Balaban J connectivity index is 1.58. The number of hydrogen-bond acceptors (Lipinski definition) is 6. The van der Waals surface area contributed by atoms with Gasteiger partial charge in [0.05, 0.1) is 34.5 Å². The molecule has 142 valence electrons. The standard InChI is InChI=1S/C20H16N8O/c1-2-17(29)24-13-5-11(7-22-9-13)12-6-14-18(27-28-19(14)23-8-12)20-25-15-3-4-21-10-16(15)26-20/h3-10H,2H2,1H3,(H,24,29)(H,25,26)(H,23,27,28). The summed E-state index contributed by atoms with van der Waals surface area (Å²) in [7, 11) is 0. The Morgan fingerprint density at radius 1 is 1.10 bits per heavy atom. The van der Waals surface area contributed by atoms with Crippen molar-refractivity contribution in [3.05, 3.63) is 49.2 Å². The number of nitrogens with one attached hydrogen (secondary N) is 3.